The van der Waals surface area contributed by atoms with Gasteiger partial charge in [-0.15, -0.1) is 0 Å². The van der Waals surface area contributed by atoms with E-state index in [0.29, 0.717) is 0 Å². The molecular weight excluding hydrogens is 661 g/mol. The van der Waals surface area contributed by atoms with Crippen molar-refractivity contribution in [1.82, 2.24) is 0 Å². The third kappa shape index (κ3) is 4.12. The second kappa shape index (κ2) is 11.5. The van der Waals surface area contributed by atoms with Crippen LogP contribution in [0.25, 0.3) is 88.0 Å². The van der Waals surface area contributed by atoms with E-state index < -0.39 is 0 Å². The van der Waals surface area contributed by atoms with Gasteiger partial charge in [0.2, 0.25) is 0 Å². The fourth-order valence-electron chi connectivity index (χ4n) is 10.3. The minimum Gasteiger partial charge on any atom is -0.0622 e. The smallest absolute Gasteiger partial charge is 0.0622 e. The number of rotatable bonds is 3. The van der Waals surface area contributed by atoms with Crippen LogP contribution in [0.3, 0.4) is 0 Å². The summed E-state index contributed by atoms with van der Waals surface area (Å²) in [6.45, 7) is 0. The molecule has 254 valence electrons. The molecule has 0 bridgehead atoms. The van der Waals surface area contributed by atoms with Crippen molar-refractivity contribution in [3.8, 4) is 55.6 Å². The maximum absolute atomic E-state index is 2.53. The Morgan fingerprint density at radius 3 is 1.31 bits per heavy atom. The highest BCUT2D eigenvalue weighted by Gasteiger charge is 2.51. The van der Waals surface area contributed by atoms with Crippen molar-refractivity contribution in [2.45, 2.75) is 5.41 Å². The molecule has 0 radical (unpaired) electrons. The van der Waals surface area contributed by atoms with E-state index >= 15 is 0 Å². The van der Waals surface area contributed by atoms with Gasteiger partial charge in [0.05, 0.1) is 5.41 Å². The minimum atomic E-state index is -0.389. The lowest BCUT2D eigenvalue weighted by molar-refractivity contribution is 0.794. The van der Waals surface area contributed by atoms with Gasteiger partial charge in [0.1, 0.15) is 0 Å². The molecule has 0 unspecified atom stereocenters. The summed E-state index contributed by atoms with van der Waals surface area (Å²) in [5.74, 6) is 0. The first-order chi connectivity index (χ1) is 27.3. The fraction of sp³-hybridized carbons (Fsp3) is 0.0182. The number of hydrogen-bond donors (Lipinski definition) is 0. The van der Waals surface area contributed by atoms with Gasteiger partial charge in [-0.05, 0) is 122 Å². The zero-order valence-corrected chi connectivity index (χ0v) is 30.1. The molecule has 55 heavy (non-hydrogen) atoms. The SMILES string of the molecule is c1ccc(-c2ccc3cccc(-c4c5ccccc5c(-c5ccc6c(c5)C5(c7ccccc7-c7ccccc75)c5ccccc5-6)c5ccccc45)c3c2)cc1. The van der Waals surface area contributed by atoms with Gasteiger partial charge >= 0.3 is 0 Å². The Labute approximate surface area is 320 Å². The number of fused-ring (bicyclic) bond motifs is 13. The molecule has 0 aromatic heterocycles. The molecule has 0 saturated heterocycles. The zero-order valence-electron chi connectivity index (χ0n) is 30.1. The average Bonchev–Trinajstić information content (AvgIpc) is 3.72. The molecule has 0 heterocycles. The van der Waals surface area contributed by atoms with Crippen molar-refractivity contribution < 1.29 is 0 Å². The average molecular weight is 695 g/mol. The Hall–Kier alpha value is -7.02. The summed E-state index contributed by atoms with van der Waals surface area (Å²) >= 11 is 0. The molecule has 10 aromatic rings. The van der Waals surface area contributed by atoms with Crippen LogP contribution in [0.4, 0.5) is 0 Å². The van der Waals surface area contributed by atoms with Crippen LogP contribution in [0.1, 0.15) is 22.3 Å². The summed E-state index contributed by atoms with van der Waals surface area (Å²) in [5.41, 5.74) is 17.9. The minimum absolute atomic E-state index is 0.389. The quantitative estimate of drug-likeness (QED) is 0.162. The summed E-state index contributed by atoms with van der Waals surface area (Å²) in [6.07, 6.45) is 0. The van der Waals surface area contributed by atoms with Gasteiger partial charge in [-0.3, -0.25) is 0 Å². The fourth-order valence-corrected chi connectivity index (χ4v) is 10.3. The highest BCUT2D eigenvalue weighted by molar-refractivity contribution is 6.23. The first-order valence-electron chi connectivity index (χ1n) is 19.3. The lowest BCUT2D eigenvalue weighted by Gasteiger charge is -2.31. The lowest BCUT2D eigenvalue weighted by Crippen LogP contribution is -2.25. The molecule has 0 nitrogen and oxygen atoms in total. The molecule has 0 heteroatoms. The predicted molar refractivity (Wildman–Crippen MR) is 232 cm³/mol. The molecule has 0 atom stereocenters. The standard InChI is InChI=1S/C55H34/c1-2-15-35(16-3-1)37-30-29-36-17-14-25-47(48(36)33-37)54-45-23-6-4-21-43(45)53(44-22-5-7-24-46(44)54)38-31-32-42-41-20-10-13-28-51(41)55(52(42)34-38)49-26-11-8-18-39(49)40-19-9-12-27-50(40)55/h1-34H. The maximum Gasteiger partial charge on any atom is 0.0725 e. The van der Waals surface area contributed by atoms with Crippen molar-refractivity contribution in [3.05, 3.63) is 229 Å². The molecule has 0 saturated carbocycles. The first-order valence-corrected chi connectivity index (χ1v) is 19.3. The third-order valence-electron chi connectivity index (χ3n) is 12.5. The van der Waals surface area contributed by atoms with Crippen LogP contribution in [0.5, 0.6) is 0 Å². The van der Waals surface area contributed by atoms with Gasteiger partial charge in [-0.2, -0.15) is 0 Å². The van der Waals surface area contributed by atoms with E-state index in [0.717, 1.165) is 0 Å². The molecular formula is C55H34. The van der Waals surface area contributed by atoms with Crippen molar-refractivity contribution in [3.63, 3.8) is 0 Å². The predicted octanol–water partition coefficient (Wildman–Crippen LogP) is 14.5. The van der Waals surface area contributed by atoms with Crippen LogP contribution in [0, 0.1) is 0 Å². The van der Waals surface area contributed by atoms with Gasteiger partial charge < -0.3 is 0 Å². The molecule has 0 aliphatic heterocycles. The first kappa shape index (κ1) is 30.4. The van der Waals surface area contributed by atoms with Crippen LogP contribution >= 0.6 is 0 Å². The third-order valence-corrected chi connectivity index (χ3v) is 12.5. The Morgan fingerprint density at radius 2 is 0.709 bits per heavy atom. The molecule has 2 aliphatic rings. The molecule has 0 fully saturated rings. The van der Waals surface area contributed by atoms with Gasteiger partial charge in [0, 0.05) is 0 Å². The van der Waals surface area contributed by atoms with Crippen molar-refractivity contribution in [2.75, 3.05) is 0 Å². The summed E-state index contributed by atoms with van der Waals surface area (Å²) < 4.78 is 0. The Bertz CT molecular complexity index is 3080. The Morgan fingerprint density at radius 1 is 0.236 bits per heavy atom. The summed E-state index contributed by atoms with van der Waals surface area (Å²) in [5, 5.41) is 7.58. The van der Waals surface area contributed by atoms with E-state index in [1.165, 1.54) is 110 Å². The monoisotopic (exact) mass is 694 g/mol. The van der Waals surface area contributed by atoms with E-state index in [1.54, 1.807) is 0 Å². The lowest BCUT2D eigenvalue weighted by atomic mass is 9.70. The highest BCUT2D eigenvalue weighted by atomic mass is 14.5. The number of hydrogen-bond acceptors (Lipinski definition) is 0. The van der Waals surface area contributed by atoms with Crippen molar-refractivity contribution in [2.24, 2.45) is 0 Å². The maximum atomic E-state index is 2.53. The Kier molecular flexibility index (Phi) is 6.36. The molecule has 1 spiro atoms. The van der Waals surface area contributed by atoms with E-state index in [9.17, 15) is 0 Å². The van der Waals surface area contributed by atoms with Crippen LogP contribution in [-0.2, 0) is 5.41 Å². The number of benzene rings is 10. The van der Waals surface area contributed by atoms with E-state index in [4.69, 9.17) is 0 Å². The van der Waals surface area contributed by atoms with E-state index in [1.807, 2.05) is 0 Å². The summed E-state index contributed by atoms with van der Waals surface area (Å²) in [6, 6.07) is 77.1. The van der Waals surface area contributed by atoms with Crippen LogP contribution in [0.15, 0.2) is 206 Å². The summed E-state index contributed by atoms with van der Waals surface area (Å²) in [4.78, 5) is 0. The van der Waals surface area contributed by atoms with Crippen LogP contribution in [0.2, 0.25) is 0 Å². The molecule has 10 aromatic carbocycles. The molecule has 2 aliphatic carbocycles. The van der Waals surface area contributed by atoms with Crippen molar-refractivity contribution in [1.29, 1.82) is 0 Å². The van der Waals surface area contributed by atoms with Crippen LogP contribution in [-0.4, -0.2) is 0 Å². The normalized spacial score (nSPS) is 13.2. The largest absolute Gasteiger partial charge is 0.0725 e. The van der Waals surface area contributed by atoms with E-state index in [-0.39, 0.29) is 5.41 Å². The summed E-state index contributed by atoms with van der Waals surface area (Å²) in [7, 11) is 0. The topological polar surface area (TPSA) is 0 Å². The zero-order chi connectivity index (χ0) is 36.1. The second-order valence-electron chi connectivity index (χ2n) is 15.1. The van der Waals surface area contributed by atoms with E-state index in [2.05, 4.69) is 206 Å². The van der Waals surface area contributed by atoms with Gasteiger partial charge in [-0.1, -0.05) is 194 Å². The van der Waals surface area contributed by atoms with Gasteiger partial charge in [0.15, 0.2) is 0 Å². The van der Waals surface area contributed by atoms with Gasteiger partial charge in [-0.25, -0.2) is 0 Å². The Balaban J connectivity index is 1.15. The highest BCUT2D eigenvalue weighted by Crippen LogP contribution is 2.63. The molecule has 0 amide bonds. The van der Waals surface area contributed by atoms with Crippen molar-refractivity contribution >= 4 is 32.3 Å². The van der Waals surface area contributed by atoms with Gasteiger partial charge in [0.25, 0.3) is 0 Å². The second-order valence-corrected chi connectivity index (χ2v) is 15.1. The van der Waals surface area contributed by atoms with Crippen LogP contribution < -0.4 is 0 Å². The molecule has 12 rings (SSSR count). The molecule has 0 N–H and O–H groups in total.